The van der Waals surface area contributed by atoms with Crippen molar-refractivity contribution < 1.29 is 56.2 Å². The van der Waals surface area contributed by atoms with Crippen molar-refractivity contribution in [3.8, 4) is 0 Å². The molecule has 13 heteroatoms. The number of allylic oxidation sites excluding steroid dienone is 4. The quantitative estimate of drug-likeness (QED) is 0.0255. The second kappa shape index (κ2) is 30.1. The van der Waals surface area contributed by atoms with E-state index in [1.165, 1.54) is 110 Å². The zero-order chi connectivity index (χ0) is 36.9. The molecule has 6 atom stereocenters. The second-order valence-electron chi connectivity index (χ2n) is 13.2. The molecular formula is C37H68O12S. The first kappa shape index (κ1) is 46.6. The van der Waals surface area contributed by atoms with Crippen LogP contribution in [0.5, 0.6) is 0 Å². The molecule has 0 aliphatic carbocycles. The Hall–Kier alpha value is -1.42. The molecule has 0 spiro atoms. The van der Waals surface area contributed by atoms with Gasteiger partial charge < -0.3 is 34.3 Å². The SMILES string of the molecule is CCCCCCC/C=C\C/C=C\CCCCCCCCCCCCCCOCC(COC1OC(CO)C(O)C(OS(=O)(=O)O)C1O)OC(C)=O. The fourth-order valence-corrected chi connectivity index (χ4v) is 6.33. The normalized spacial score (nSPS) is 22.1. The van der Waals surface area contributed by atoms with Gasteiger partial charge in [-0.2, -0.15) is 8.42 Å². The molecule has 6 unspecified atom stereocenters. The van der Waals surface area contributed by atoms with Gasteiger partial charge in [0.15, 0.2) is 6.29 Å². The third-order valence-electron chi connectivity index (χ3n) is 8.63. The molecule has 0 radical (unpaired) electrons. The standard InChI is InChI=1S/C37H68O12S/c1-3-4-5-6-7-8-9-10-11-12-13-14-15-16-17-18-19-20-21-22-23-24-25-26-27-45-29-32(47-31(2)39)30-46-37-35(41)36(49-50(42,43)44)34(40)33(28-38)48-37/h9-10,12-13,32-38,40-41H,3-8,11,14-30H2,1-2H3,(H,42,43,44)/b10-9-,13-12-. The minimum atomic E-state index is -5.04. The summed E-state index contributed by atoms with van der Waals surface area (Å²) in [6.07, 6.45) is 24.8. The molecule has 1 fully saturated rings. The third kappa shape index (κ3) is 24.7. The van der Waals surface area contributed by atoms with Gasteiger partial charge in [0.2, 0.25) is 0 Å². The number of hydrogen-bond donors (Lipinski definition) is 4. The van der Waals surface area contributed by atoms with Gasteiger partial charge in [-0.1, -0.05) is 121 Å². The molecule has 0 bridgehead atoms. The van der Waals surface area contributed by atoms with Crippen molar-refractivity contribution in [1.29, 1.82) is 0 Å². The Kier molecular flexibility index (Phi) is 28.0. The van der Waals surface area contributed by atoms with E-state index in [1.54, 1.807) is 0 Å². The van der Waals surface area contributed by atoms with Gasteiger partial charge in [0.25, 0.3) is 0 Å². The lowest BCUT2D eigenvalue weighted by molar-refractivity contribution is -0.301. The highest BCUT2D eigenvalue weighted by molar-refractivity contribution is 7.80. The molecule has 1 heterocycles. The summed E-state index contributed by atoms with van der Waals surface area (Å²) in [5.41, 5.74) is 0. The predicted octanol–water partition coefficient (Wildman–Crippen LogP) is 6.51. The van der Waals surface area contributed by atoms with Crippen molar-refractivity contribution in [2.24, 2.45) is 0 Å². The first-order valence-electron chi connectivity index (χ1n) is 19.0. The van der Waals surface area contributed by atoms with Crippen LogP contribution in [0.25, 0.3) is 0 Å². The van der Waals surface area contributed by atoms with Crippen LogP contribution in [-0.2, 0) is 38.3 Å². The van der Waals surface area contributed by atoms with E-state index in [0.29, 0.717) is 6.61 Å². The number of esters is 1. The summed E-state index contributed by atoms with van der Waals surface area (Å²) < 4.78 is 57.3. The van der Waals surface area contributed by atoms with Crippen molar-refractivity contribution in [3.63, 3.8) is 0 Å². The highest BCUT2D eigenvalue weighted by Crippen LogP contribution is 2.26. The average molecular weight is 737 g/mol. The minimum Gasteiger partial charge on any atom is -0.458 e. The molecule has 0 aromatic carbocycles. The first-order valence-corrected chi connectivity index (χ1v) is 20.4. The van der Waals surface area contributed by atoms with Crippen LogP contribution in [0.2, 0.25) is 0 Å². The molecule has 0 amide bonds. The molecule has 1 saturated heterocycles. The van der Waals surface area contributed by atoms with Crippen molar-refractivity contribution in [3.05, 3.63) is 24.3 Å². The van der Waals surface area contributed by atoms with Crippen LogP contribution in [0, 0.1) is 0 Å². The lowest BCUT2D eigenvalue weighted by Crippen LogP contribution is -2.60. The Labute approximate surface area is 301 Å². The van der Waals surface area contributed by atoms with E-state index in [-0.39, 0.29) is 13.2 Å². The van der Waals surface area contributed by atoms with Crippen molar-refractivity contribution in [1.82, 2.24) is 0 Å². The molecule has 1 aliphatic heterocycles. The molecule has 12 nitrogen and oxygen atoms in total. The Bertz CT molecular complexity index is 989. The molecular weight excluding hydrogens is 668 g/mol. The summed E-state index contributed by atoms with van der Waals surface area (Å²) in [4.78, 5) is 11.6. The minimum absolute atomic E-state index is 0.0209. The number of rotatable bonds is 32. The van der Waals surface area contributed by atoms with Crippen molar-refractivity contribution >= 4 is 16.4 Å². The van der Waals surface area contributed by atoms with Gasteiger partial charge >= 0.3 is 16.4 Å². The van der Waals surface area contributed by atoms with Gasteiger partial charge in [0.05, 0.1) is 19.8 Å². The molecule has 0 aromatic rings. The van der Waals surface area contributed by atoms with E-state index >= 15 is 0 Å². The summed E-state index contributed by atoms with van der Waals surface area (Å²) in [5, 5.41) is 30.0. The highest BCUT2D eigenvalue weighted by Gasteiger charge is 2.48. The number of hydrogen-bond acceptors (Lipinski definition) is 11. The van der Waals surface area contributed by atoms with Crippen LogP contribution < -0.4 is 0 Å². The fraction of sp³-hybridized carbons (Fsp3) is 0.865. The van der Waals surface area contributed by atoms with E-state index in [4.69, 9.17) is 23.5 Å². The maximum atomic E-state index is 11.6. The maximum Gasteiger partial charge on any atom is 0.397 e. The van der Waals surface area contributed by atoms with Crippen molar-refractivity contribution in [2.45, 2.75) is 179 Å². The Balaban J connectivity index is 2.05. The van der Waals surface area contributed by atoms with Crippen molar-refractivity contribution in [2.75, 3.05) is 26.4 Å². The molecule has 0 aromatic heterocycles. The predicted molar refractivity (Wildman–Crippen MR) is 193 cm³/mol. The molecule has 1 rings (SSSR count). The molecule has 4 N–H and O–H groups in total. The monoisotopic (exact) mass is 736 g/mol. The van der Waals surface area contributed by atoms with Crippen LogP contribution in [0.4, 0.5) is 0 Å². The molecule has 1 aliphatic rings. The van der Waals surface area contributed by atoms with Gasteiger partial charge in [-0.15, -0.1) is 0 Å². The van der Waals surface area contributed by atoms with E-state index in [0.717, 1.165) is 25.7 Å². The second-order valence-corrected chi connectivity index (χ2v) is 14.3. The van der Waals surface area contributed by atoms with E-state index in [1.807, 2.05) is 0 Å². The Morgan fingerprint density at radius 2 is 1.28 bits per heavy atom. The summed E-state index contributed by atoms with van der Waals surface area (Å²) >= 11 is 0. The van der Waals surface area contributed by atoms with E-state index < -0.39 is 59.8 Å². The maximum absolute atomic E-state index is 11.6. The van der Waals surface area contributed by atoms with Gasteiger partial charge in [-0.3, -0.25) is 9.35 Å². The number of unbranched alkanes of at least 4 members (excludes halogenated alkanes) is 17. The summed E-state index contributed by atoms with van der Waals surface area (Å²) in [6.45, 7) is 2.94. The van der Waals surface area contributed by atoms with E-state index in [2.05, 4.69) is 35.4 Å². The molecule has 50 heavy (non-hydrogen) atoms. The van der Waals surface area contributed by atoms with Crippen LogP contribution >= 0.6 is 0 Å². The zero-order valence-electron chi connectivity index (χ0n) is 30.7. The van der Waals surface area contributed by atoms with Gasteiger partial charge in [0, 0.05) is 13.5 Å². The number of carbonyl (C=O) groups is 1. The number of aliphatic hydroxyl groups excluding tert-OH is 3. The lowest BCUT2D eigenvalue weighted by Gasteiger charge is -2.41. The van der Waals surface area contributed by atoms with Gasteiger partial charge in [-0.25, -0.2) is 4.18 Å². The smallest absolute Gasteiger partial charge is 0.397 e. The largest absolute Gasteiger partial charge is 0.458 e. The Morgan fingerprint density at radius 3 is 1.78 bits per heavy atom. The topological polar surface area (TPSA) is 178 Å². The Morgan fingerprint density at radius 1 is 0.760 bits per heavy atom. The zero-order valence-corrected chi connectivity index (χ0v) is 31.5. The van der Waals surface area contributed by atoms with Crippen LogP contribution in [0.15, 0.2) is 24.3 Å². The third-order valence-corrected chi connectivity index (χ3v) is 9.09. The highest BCUT2D eigenvalue weighted by atomic mass is 32.3. The van der Waals surface area contributed by atoms with E-state index in [9.17, 15) is 28.5 Å². The summed E-state index contributed by atoms with van der Waals surface area (Å²) in [6, 6.07) is 0. The van der Waals surface area contributed by atoms with Crippen LogP contribution in [0.3, 0.4) is 0 Å². The molecule has 0 saturated carbocycles. The number of aliphatic hydroxyl groups is 3. The van der Waals surface area contributed by atoms with Crippen LogP contribution in [-0.4, -0.2) is 97.5 Å². The van der Waals surface area contributed by atoms with Gasteiger partial charge in [-0.05, 0) is 38.5 Å². The number of carbonyl (C=O) groups excluding carboxylic acids is 1. The van der Waals surface area contributed by atoms with Crippen LogP contribution in [0.1, 0.15) is 142 Å². The first-order chi connectivity index (χ1) is 24.1. The fourth-order valence-electron chi connectivity index (χ4n) is 5.82. The summed E-state index contributed by atoms with van der Waals surface area (Å²) in [7, 11) is -5.04. The number of ether oxygens (including phenoxy) is 4. The van der Waals surface area contributed by atoms with Gasteiger partial charge in [0.1, 0.15) is 30.5 Å². The lowest BCUT2D eigenvalue weighted by atomic mass is 9.99. The molecule has 294 valence electrons. The average Bonchev–Trinajstić information content (AvgIpc) is 3.07. The summed E-state index contributed by atoms with van der Waals surface area (Å²) in [5.74, 6) is -0.575.